The highest BCUT2D eigenvalue weighted by molar-refractivity contribution is 5.35. The van der Waals surface area contributed by atoms with Crippen LogP contribution in [0.2, 0.25) is 0 Å². The Morgan fingerprint density at radius 3 is 2.33 bits per heavy atom. The molecular formula is C15H18F3N3. The highest BCUT2D eigenvalue weighted by atomic mass is 19.3. The largest absolute Gasteiger partial charge is 0.308 e. The molecule has 21 heavy (non-hydrogen) atoms. The van der Waals surface area contributed by atoms with E-state index in [0.717, 1.165) is 4.68 Å². The van der Waals surface area contributed by atoms with Crippen molar-refractivity contribution in [3.63, 3.8) is 0 Å². The van der Waals surface area contributed by atoms with Gasteiger partial charge in [0.05, 0.1) is 11.9 Å². The lowest BCUT2D eigenvalue weighted by atomic mass is 10.1. The van der Waals surface area contributed by atoms with Crippen molar-refractivity contribution in [2.24, 2.45) is 0 Å². The van der Waals surface area contributed by atoms with Crippen LogP contribution in [0.3, 0.4) is 0 Å². The van der Waals surface area contributed by atoms with Crippen LogP contribution in [0.25, 0.3) is 5.69 Å². The van der Waals surface area contributed by atoms with Gasteiger partial charge in [-0.1, -0.05) is 0 Å². The summed E-state index contributed by atoms with van der Waals surface area (Å²) in [4.78, 5) is 0. The molecule has 1 aromatic carbocycles. The molecule has 3 nitrogen and oxygen atoms in total. The fraction of sp³-hybridized carbons (Fsp3) is 0.400. The lowest BCUT2D eigenvalue weighted by Crippen LogP contribution is -2.35. The molecule has 0 aliphatic carbocycles. The molecule has 2 aromatic rings. The van der Waals surface area contributed by atoms with Gasteiger partial charge >= 0.3 is 0 Å². The van der Waals surface area contributed by atoms with E-state index in [-0.39, 0.29) is 11.2 Å². The lowest BCUT2D eigenvalue weighted by molar-refractivity contribution is 0.141. The van der Waals surface area contributed by atoms with Crippen molar-refractivity contribution in [1.82, 2.24) is 15.1 Å². The highest BCUT2D eigenvalue weighted by Gasteiger charge is 2.22. The number of nitrogens with zero attached hydrogens (tertiary/aromatic N) is 2. The molecule has 0 amide bonds. The lowest BCUT2D eigenvalue weighted by Gasteiger charge is -2.20. The normalized spacial score (nSPS) is 12.1. The molecule has 0 fully saturated rings. The zero-order valence-corrected chi connectivity index (χ0v) is 12.2. The zero-order chi connectivity index (χ0) is 15.6. The van der Waals surface area contributed by atoms with Crippen LogP contribution in [0.5, 0.6) is 0 Å². The molecule has 0 bridgehead atoms. The number of alkyl halides is 2. The Labute approximate surface area is 121 Å². The summed E-state index contributed by atoms with van der Waals surface area (Å²) in [5.74, 6) is -0.417. The maximum atomic E-state index is 13.3. The van der Waals surface area contributed by atoms with Gasteiger partial charge in [0.1, 0.15) is 11.5 Å². The smallest absolute Gasteiger partial charge is 0.280 e. The third-order valence-electron chi connectivity index (χ3n) is 2.97. The molecular weight excluding hydrogens is 279 g/mol. The van der Waals surface area contributed by atoms with Crippen LogP contribution < -0.4 is 5.32 Å². The number of halogens is 3. The van der Waals surface area contributed by atoms with Crippen molar-refractivity contribution >= 4 is 0 Å². The van der Waals surface area contributed by atoms with Crippen molar-refractivity contribution < 1.29 is 13.2 Å². The van der Waals surface area contributed by atoms with Gasteiger partial charge in [0, 0.05) is 17.6 Å². The third-order valence-corrected chi connectivity index (χ3v) is 2.97. The zero-order valence-electron chi connectivity index (χ0n) is 12.2. The molecule has 1 N–H and O–H groups in total. The molecule has 0 aliphatic rings. The minimum absolute atomic E-state index is 0.168. The fourth-order valence-corrected chi connectivity index (χ4v) is 1.91. The molecule has 1 heterocycles. The van der Waals surface area contributed by atoms with Crippen LogP contribution in [0.4, 0.5) is 13.2 Å². The number of benzene rings is 1. The Bertz CT molecular complexity index is 598. The van der Waals surface area contributed by atoms with Crippen LogP contribution in [0.15, 0.2) is 30.5 Å². The maximum Gasteiger partial charge on any atom is 0.280 e. The van der Waals surface area contributed by atoms with Crippen LogP contribution in [0.1, 0.15) is 38.5 Å². The molecule has 0 saturated heterocycles. The molecule has 2 rings (SSSR count). The Balaban J connectivity index is 2.35. The van der Waals surface area contributed by atoms with Gasteiger partial charge in [0.15, 0.2) is 0 Å². The first-order chi connectivity index (χ1) is 9.78. The quantitative estimate of drug-likeness (QED) is 0.929. The second-order valence-corrected chi connectivity index (χ2v) is 5.85. The summed E-state index contributed by atoms with van der Waals surface area (Å²) in [6.07, 6.45) is -1.24. The van der Waals surface area contributed by atoms with E-state index in [1.165, 1.54) is 30.5 Å². The minimum atomic E-state index is -2.66. The molecule has 0 saturated carbocycles. The van der Waals surface area contributed by atoms with E-state index in [9.17, 15) is 13.2 Å². The molecule has 0 spiro atoms. The van der Waals surface area contributed by atoms with Crippen LogP contribution in [-0.4, -0.2) is 15.3 Å². The predicted octanol–water partition coefficient (Wildman–Crippen LogP) is 3.84. The van der Waals surface area contributed by atoms with Gasteiger partial charge in [-0.3, -0.25) is 0 Å². The van der Waals surface area contributed by atoms with E-state index in [0.29, 0.717) is 17.8 Å². The van der Waals surface area contributed by atoms with Gasteiger partial charge in [-0.05, 0) is 45.0 Å². The van der Waals surface area contributed by atoms with E-state index < -0.39 is 12.2 Å². The summed E-state index contributed by atoms with van der Waals surface area (Å²) in [6, 6.07) is 5.29. The van der Waals surface area contributed by atoms with Gasteiger partial charge in [-0.25, -0.2) is 17.9 Å². The molecule has 0 radical (unpaired) electrons. The number of rotatable bonds is 4. The van der Waals surface area contributed by atoms with Gasteiger partial charge < -0.3 is 5.32 Å². The number of hydrogen-bond acceptors (Lipinski definition) is 2. The summed E-state index contributed by atoms with van der Waals surface area (Å²) < 4.78 is 40.8. The van der Waals surface area contributed by atoms with E-state index in [1.54, 1.807) is 0 Å². The van der Waals surface area contributed by atoms with Crippen LogP contribution in [0, 0.1) is 5.82 Å². The Morgan fingerprint density at radius 2 is 1.81 bits per heavy atom. The number of nitrogens with one attached hydrogen (secondary N) is 1. The van der Waals surface area contributed by atoms with Gasteiger partial charge in [0.2, 0.25) is 0 Å². The maximum absolute atomic E-state index is 13.3. The van der Waals surface area contributed by atoms with Crippen molar-refractivity contribution in [2.75, 3.05) is 0 Å². The number of hydrogen-bond donors (Lipinski definition) is 1. The first-order valence-electron chi connectivity index (χ1n) is 6.64. The number of aromatic nitrogens is 2. The summed E-state index contributed by atoms with van der Waals surface area (Å²) in [6.45, 7) is 6.17. The average Bonchev–Trinajstić information content (AvgIpc) is 2.80. The van der Waals surface area contributed by atoms with Crippen molar-refractivity contribution in [1.29, 1.82) is 0 Å². The summed E-state index contributed by atoms with van der Waals surface area (Å²) >= 11 is 0. The first kappa shape index (κ1) is 15.6. The van der Waals surface area contributed by atoms with Crippen molar-refractivity contribution in [3.8, 4) is 5.69 Å². The second kappa shape index (κ2) is 5.89. The van der Waals surface area contributed by atoms with Crippen LogP contribution in [-0.2, 0) is 6.54 Å². The van der Waals surface area contributed by atoms with Gasteiger partial charge in [0.25, 0.3) is 6.43 Å². The topological polar surface area (TPSA) is 29.9 Å². The average molecular weight is 297 g/mol. The minimum Gasteiger partial charge on any atom is -0.308 e. The molecule has 114 valence electrons. The van der Waals surface area contributed by atoms with Gasteiger partial charge in [-0.2, -0.15) is 5.10 Å². The van der Waals surface area contributed by atoms with Crippen LogP contribution >= 0.6 is 0 Å². The molecule has 1 aromatic heterocycles. The Kier molecular flexibility index (Phi) is 4.37. The van der Waals surface area contributed by atoms with E-state index in [4.69, 9.17) is 0 Å². The SMILES string of the molecule is CC(C)(C)NCc1cnn(-c2ccc(F)cc2)c1C(F)F. The third kappa shape index (κ3) is 3.85. The first-order valence-corrected chi connectivity index (χ1v) is 6.64. The van der Waals surface area contributed by atoms with Crippen molar-refractivity contribution in [3.05, 3.63) is 47.5 Å². The monoisotopic (exact) mass is 297 g/mol. The van der Waals surface area contributed by atoms with Gasteiger partial charge in [-0.15, -0.1) is 0 Å². The summed E-state index contributed by atoms with van der Waals surface area (Å²) in [5, 5.41) is 7.17. The molecule has 0 unspecified atom stereocenters. The Hall–Kier alpha value is -1.82. The standard InChI is InChI=1S/C15H18F3N3/c1-15(2,3)19-8-10-9-20-21(13(10)14(17)18)12-6-4-11(16)5-7-12/h4-7,9,14,19H,8H2,1-3H3. The predicted molar refractivity (Wildman–Crippen MR) is 75.1 cm³/mol. The molecule has 0 atom stereocenters. The van der Waals surface area contributed by atoms with E-state index in [2.05, 4.69) is 10.4 Å². The molecule has 0 aliphatic heterocycles. The summed E-state index contributed by atoms with van der Waals surface area (Å²) in [7, 11) is 0. The highest BCUT2D eigenvalue weighted by Crippen LogP contribution is 2.26. The fourth-order valence-electron chi connectivity index (χ4n) is 1.91. The summed E-state index contributed by atoms with van der Waals surface area (Å²) in [5.41, 5.74) is 0.494. The Morgan fingerprint density at radius 1 is 1.19 bits per heavy atom. The molecule has 6 heteroatoms. The van der Waals surface area contributed by atoms with E-state index in [1.807, 2.05) is 20.8 Å². The van der Waals surface area contributed by atoms with E-state index >= 15 is 0 Å². The second-order valence-electron chi connectivity index (χ2n) is 5.85. The van der Waals surface area contributed by atoms with Crippen molar-refractivity contribution in [2.45, 2.75) is 39.3 Å².